The van der Waals surface area contributed by atoms with Crippen LogP contribution in [0.2, 0.25) is 0 Å². The van der Waals surface area contributed by atoms with E-state index in [9.17, 15) is 30.8 Å². The number of fused-ring (bicyclic) bond motifs is 1. The first kappa shape index (κ1) is 29.1. The average molecular weight is 572 g/mol. The predicted molar refractivity (Wildman–Crippen MR) is 138 cm³/mol. The number of nitrogens with zero attached hydrogens (tertiary/aromatic N) is 1. The lowest BCUT2D eigenvalue weighted by Crippen LogP contribution is -2.52. The molecule has 1 amide bonds. The van der Waals surface area contributed by atoms with E-state index in [1.165, 1.54) is 12.1 Å². The minimum absolute atomic E-state index is 0.146. The molecule has 2 aromatic rings. The standard InChI is InChI=1S/C27H33F4N3O4S/c1-18(17-34-13-12-20-15-21(28)10-11-25(20)34)32-26(35)24(14-19-6-3-2-4-7-19)33-39(36,37)23-9-5-8-22(16-23)38-27(29,30)31/h5,8-11,15-16,18-19,24,33H,2-4,6-7,12-14,17H2,1H3,(H,32,35). The van der Waals surface area contributed by atoms with Crippen LogP contribution in [0.3, 0.4) is 0 Å². The van der Waals surface area contributed by atoms with Gasteiger partial charge in [0.05, 0.1) is 4.90 Å². The Bertz CT molecular complexity index is 1270. The fourth-order valence-corrected chi connectivity index (χ4v) is 6.65. The van der Waals surface area contributed by atoms with Gasteiger partial charge in [0.1, 0.15) is 17.6 Å². The normalized spacial score (nSPS) is 17.9. The van der Waals surface area contributed by atoms with Crippen molar-refractivity contribution in [3.05, 3.63) is 53.8 Å². The van der Waals surface area contributed by atoms with Crippen LogP contribution >= 0.6 is 0 Å². The number of rotatable bonds is 10. The van der Waals surface area contributed by atoms with Crippen molar-refractivity contribution in [2.45, 2.75) is 75.2 Å². The summed E-state index contributed by atoms with van der Waals surface area (Å²) >= 11 is 0. The highest BCUT2D eigenvalue weighted by Gasteiger charge is 2.33. The molecule has 2 aliphatic rings. The number of benzene rings is 2. The number of halogens is 4. The van der Waals surface area contributed by atoms with E-state index in [0.717, 1.165) is 67.6 Å². The van der Waals surface area contributed by atoms with E-state index in [0.29, 0.717) is 19.5 Å². The van der Waals surface area contributed by atoms with Gasteiger partial charge in [-0.15, -0.1) is 13.2 Å². The lowest BCUT2D eigenvalue weighted by molar-refractivity contribution is -0.274. The molecule has 2 unspecified atom stereocenters. The monoisotopic (exact) mass is 571 g/mol. The molecule has 0 aromatic heterocycles. The largest absolute Gasteiger partial charge is 0.573 e. The number of hydrogen-bond acceptors (Lipinski definition) is 5. The van der Waals surface area contributed by atoms with Crippen molar-refractivity contribution in [3.8, 4) is 5.75 Å². The Morgan fingerprint density at radius 1 is 1.13 bits per heavy atom. The molecule has 0 radical (unpaired) electrons. The average Bonchev–Trinajstić information content (AvgIpc) is 3.24. The summed E-state index contributed by atoms with van der Waals surface area (Å²) in [5.74, 6) is -1.33. The third-order valence-electron chi connectivity index (χ3n) is 7.17. The molecule has 1 heterocycles. The fourth-order valence-electron chi connectivity index (χ4n) is 5.41. The van der Waals surface area contributed by atoms with Gasteiger partial charge in [0.2, 0.25) is 15.9 Å². The Balaban J connectivity index is 1.46. The molecular formula is C27H33F4N3O4S. The van der Waals surface area contributed by atoms with Crippen molar-refractivity contribution in [2.75, 3.05) is 18.0 Å². The number of carbonyl (C=O) groups excluding carboxylic acids is 1. The van der Waals surface area contributed by atoms with E-state index < -0.39 is 39.0 Å². The second kappa shape index (κ2) is 12.1. The first-order valence-electron chi connectivity index (χ1n) is 13.1. The quantitative estimate of drug-likeness (QED) is 0.396. The molecule has 2 atom stereocenters. The van der Waals surface area contributed by atoms with Crippen LogP contribution in [-0.4, -0.2) is 45.9 Å². The molecule has 0 spiro atoms. The first-order chi connectivity index (χ1) is 18.4. The van der Waals surface area contributed by atoms with E-state index in [1.807, 2.05) is 11.8 Å². The minimum atomic E-state index is -4.97. The molecule has 1 aliphatic carbocycles. The van der Waals surface area contributed by atoms with Gasteiger partial charge in [-0.05, 0) is 61.6 Å². The van der Waals surface area contributed by atoms with Crippen LogP contribution in [0.4, 0.5) is 23.2 Å². The number of amides is 1. The Morgan fingerprint density at radius 2 is 1.87 bits per heavy atom. The van der Waals surface area contributed by atoms with Gasteiger partial charge in [-0.2, -0.15) is 4.72 Å². The molecule has 1 saturated carbocycles. The van der Waals surface area contributed by atoms with Crippen LogP contribution < -0.4 is 19.7 Å². The summed E-state index contributed by atoms with van der Waals surface area (Å²) in [6.45, 7) is 2.93. The third-order valence-corrected chi connectivity index (χ3v) is 8.64. The third kappa shape index (κ3) is 8.07. The highest BCUT2D eigenvalue weighted by Crippen LogP contribution is 2.30. The summed E-state index contributed by atoms with van der Waals surface area (Å²) in [6.07, 6.45) is 0.816. The molecule has 39 heavy (non-hydrogen) atoms. The van der Waals surface area contributed by atoms with Crippen molar-refractivity contribution in [1.29, 1.82) is 0 Å². The smallest absolute Gasteiger partial charge is 0.406 e. The Labute approximate surface area is 226 Å². The maximum Gasteiger partial charge on any atom is 0.573 e. The summed E-state index contributed by atoms with van der Waals surface area (Å²) in [7, 11) is -4.34. The first-order valence-corrected chi connectivity index (χ1v) is 14.6. The second-order valence-electron chi connectivity index (χ2n) is 10.3. The van der Waals surface area contributed by atoms with Gasteiger partial charge in [0.15, 0.2) is 0 Å². The molecule has 7 nitrogen and oxygen atoms in total. The lowest BCUT2D eigenvalue weighted by Gasteiger charge is -2.29. The summed E-state index contributed by atoms with van der Waals surface area (Å²) in [5, 5.41) is 2.90. The summed E-state index contributed by atoms with van der Waals surface area (Å²) in [5.41, 5.74) is 1.80. The van der Waals surface area contributed by atoms with E-state index in [2.05, 4.69) is 14.8 Å². The molecule has 12 heteroatoms. The van der Waals surface area contributed by atoms with Crippen LogP contribution in [0, 0.1) is 11.7 Å². The van der Waals surface area contributed by atoms with Crippen molar-refractivity contribution in [1.82, 2.24) is 10.0 Å². The van der Waals surface area contributed by atoms with E-state index in [4.69, 9.17) is 0 Å². The number of hydrogen-bond donors (Lipinski definition) is 2. The maximum absolute atomic E-state index is 13.6. The van der Waals surface area contributed by atoms with Gasteiger partial charge in [-0.25, -0.2) is 12.8 Å². The van der Waals surface area contributed by atoms with Crippen LogP contribution in [0.15, 0.2) is 47.4 Å². The number of anilines is 1. The van der Waals surface area contributed by atoms with Gasteiger partial charge >= 0.3 is 6.36 Å². The number of sulfonamides is 1. The van der Waals surface area contributed by atoms with Crippen molar-refractivity contribution >= 4 is 21.6 Å². The molecule has 2 aromatic carbocycles. The molecule has 214 valence electrons. The number of alkyl halides is 3. The zero-order valence-corrected chi connectivity index (χ0v) is 22.5. The van der Waals surface area contributed by atoms with Gasteiger partial charge in [-0.3, -0.25) is 4.79 Å². The predicted octanol–water partition coefficient (Wildman–Crippen LogP) is 4.91. The zero-order valence-electron chi connectivity index (χ0n) is 21.6. The Hall–Kier alpha value is -2.86. The fraction of sp³-hybridized carbons (Fsp3) is 0.519. The van der Waals surface area contributed by atoms with E-state index >= 15 is 0 Å². The topological polar surface area (TPSA) is 87.7 Å². The summed E-state index contributed by atoms with van der Waals surface area (Å²) < 4.78 is 84.2. The van der Waals surface area contributed by atoms with Crippen LogP contribution in [-0.2, 0) is 21.2 Å². The van der Waals surface area contributed by atoms with Crippen molar-refractivity contribution in [2.24, 2.45) is 5.92 Å². The molecular weight excluding hydrogens is 538 g/mol. The maximum atomic E-state index is 13.6. The Kier molecular flexibility index (Phi) is 9.05. The highest BCUT2D eigenvalue weighted by molar-refractivity contribution is 7.89. The second-order valence-corrected chi connectivity index (χ2v) is 12.0. The SMILES string of the molecule is CC(CN1CCc2cc(F)ccc21)NC(=O)C(CC1CCCCC1)NS(=O)(=O)c1cccc(OC(F)(F)F)c1. The lowest BCUT2D eigenvalue weighted by atomic mass is 9.85. The summed E-state index contributed by atoms with van der Waals surface area (Å²) in [4.78, 5) is 15.0. The van der Waals surface area contributed by atoms with Gasteiger partial charge in [0, 0.05) is 30.9 Å². The number of nitrogens with one attached hydrogen (secondary N) is 2. The molecule has 2 N–H and O–H groups in total. The summed E-state index contributed by atoms with van der Waals surface area (Å²) in [6, 6.07) is 7.23. The molecule has 1 fully saturated rings. The molecule has 4 rings (SSSR count). The van der Waals surface area contributed by atoms with Gasteiger partial charge < -0.3 is 15.0 Å². The van der Waals surface area contributed by atoms with Gasteiger partial charge in [-0.1, -0.05) is 38.2 Å². The van der Waals surface area contributed by atoms with Crippen molar-refractivity contribution in [3.63, 3.8) is 0 Å². The zero-order chi connectivity index (χ0) is 28.2. The molecule has 0 saturated heterocycles. The molecule has 0 bridgehead atoms. The van der Waals surface area contributed by atoms with Crippen LogP contribution in [0.1, 0.15) is 51.0 Å². The minimum Gasteiger partial charge on any atom is -0.406 e. The molecule has 1 aliphatic heterocycles. The number of carbonyl (C=O) groups is 1. The van der Waals surface area contributed by atoms with Crippen LogP contribution in [0.5, 0.6) is 5.75 Å². The van der Waals surface area contributed by atoms with Crippen molar-refractivity contribution < 1.29 is 35.5 Å². The Morgan fingerprint density at radius 3 is 2.59 bits per heavy atom. The van der Waals surface area contributed by atoms with Crippen LogP contribution in [0.25, 0.3) is 0 Å². The number of ether oxygens (including phenoxy) is 1. The van der Waals surface area contributed by atoms with E-state index in [-0.39, 0.29) is 24.2 Å². The highest BCUT2D eigenvalue weighted by atomic mass is 32.2. The van der Waals surface area contributed by atoms with E-state index in [1.54, 1.807) is 6.07 Å². The van der Waals surface area contributed by atoms with Gasteiger partial charge in [0.25, 0.3) is 0 Å².